The van der Waals surface area contributed by atoms with Crippen LogP contribution in [0.4, 0.5) is 13.2 Å². The van der Waals surface area contributed by atoms with E-state index < -0.39 is 11.9 Å². The van der Waals surface area contributed by atoms with Gasteiger partial charge in [0.25, 0.3) is 0 Å². The van der Waals surface area contributed by atoms with Gasteiger partial charge >= 0.3 is 6.18 Å². The molecule has 1 rings (SSSR count). The van der Waals surface area contributed by atoms with E-state index in [1.54, 1.807) is 7.05 Å². The Morgan fingerprint density at radius 3 is 2.67 bits per heavy atom. The number of alkyl halides is 3. The molecule has 0 saturated carbocycles. The molecule has 1 N–H and O–H groups in total. The first kappa shape index (κ1) is 9.05. The third kappa shape index (κ3) is 1.97. The quantitative estimate of drug-likeness (QED) is 0.747. The fourth-order valence-electron chi connectivity index (χ4n) is 0.704. The molecule has 0 spiro atoms. The summed E-state index contributed by atoms with van der Waals surface area (Å²) in [6.07, 6.45) is -4.42. The zero-order valence-electron chi connectivity index (χ0n) is 6.27. The van der Waals surface area contributed by atoms with Crippen LogP contribution < -0.4 is 5.32 Å². The fraction of sp³-hybridized carbons (Fsp3) is 0.500. The lowest BCUT2D eigenvalue weighted by molar-refractivity contribution is -0.142. The molecule has 0 aliphatic heterocycles. The normalized spacial score (nSPS) is 12.0. The van der Waals surface area contributed by atoms with Gasteiger partial charge in [-0.15, -0.1) is 0 Å². The van der Waals surface area contributed by atoms with Crippen LogP contribution in [-0.4, -0.2) is 12.2 Å². The van der Waals surface area contributed by atoms with Crippen molar-refractivity contribution in [3.63, 3.8) is 0 Å². The molecule has 6 heteroatoms. The van der Waals surface area contributed by atoms with E-state index in [0.717, 1.165) is 6.07 Å². The zero-order chi connectivity index (χ0) is 9.19. The van der Waals surface area contributed by atoms with Gasteiger partial charge in [0.05, 0.1) is 6.54 Å². The summed E-state index contributed by atoms with van der Waals surface area (Å²) >= 11 is 0. The topological polar surface area (TPSA) is 38.1 Å². The molecule has 0 radical (unpaired) electrons. The monoisotopic (exact) mass is 180 g/mol. The maximum absolute atomic E-state index is 11.9. The second-order valence-corrected chi connectivity index (χ2v) is 2.21. The summed E-state index contributed by atoms with van der Waals surface area (Å²) in [6.45, 7) is 0.239. The highest BCUT2D eigenvalue weighted by atomic mass is 19.4. The van der Waals surface area contributed by atoms with E-state index >= 15 is 0 Å². The van der Waals surface area contributed by atoms with Gasteiger partial charge in [-0.1, -0.05) is 5.16 Å². The Kier molecular flexibility index (Phi) is 2.37. The average Bonchev–Trinajstić information content (AvgIpc) is 2.35. The summed E-state index contributed by atoms with van der Waals surface area (Å²) in [5, 5.41) is 5.51. The summed E-state index contributed by atoms with van der Waals surface area (Å²) in [7, 11) is 1.61. The van der Waals surface area contributed by atoms with Crippen LogP contribution in [0.1, 0.15) is 11.5 Å². The Hall–Kier alpha value is -1.04. The maximum atomic E-state index is 11.9. The molecule has 0 amide bonds. The summed E-state index contributed by atoms with van der Waals surface area (Å²) in [6, 6.07) is 0.872. The van der Waals surface area contributed by atoms with Crippen LogP contribution in [-0.2, 0) is 12.7 Å². The number of nitrogens with one attached hydrogen (secondary N) is 1. The lowest BCUT2D eigenvalue weighted by Gasteiger charge is -1.97. The molecule has 0 unspecified atom stereocenters. The van der Waals surface area contributed by atoms with E-state index in [1.165, 1.54) is 0 Å². The number of aromatic nitrogens is 1. The second kappa shape index (κ2) is 3.14. The highest BCUT2D eigenvalue weighted by Gasteiger charge is 2.34. The van der Waals surface area contributed by atoms with Gasteiger partial charge in [-0.05, 0) is 7.05 Å². The standard InChI is InChI=1S/C6H7F3N2O/c1-10-3-4-2-5(11-12-4)6(7,8)9/h2,10H,3H2,1H3. The van der Waals surface area contributed by atoms with Crippen molar-refractivity contribution in [2.24, 2.45) is 0 Å². The van der Waals surface area contributed by atoms with Gasteiger partial charge in [-0.3, -0.25) is 0 Å². The molecule has 68 valence electrons. The van der Waals surface area contributed by atoms with E-state index in [0.29, 0.717) is 0 Å². The Balaban J connectivity index is 2.77. The Morgan fingerprint density at radius 2 is 2.25 bits per heavy atom. The minimum Gasteiger partial charge on any atom is -0.359 e. The molecule has 3 nitrogen and oxygen atoms in total. The second-order valence-electron chi connectivity index (χ2n) is 2.21. The summed E-state index contributed by atoms with van der Waals surface area (Å²) in [5.41, 5.74) is -0.993. The van der Waals surface area contributed by atoms with Crippen LogP contribution in [0, 0.1) is 0 Å². The molecular formula is C6H7F3N2O. The van der Waals surface area contributed by atoms with E-state index in [-0.39, 0.29) is 12.3 Å². The zero-order valence-corrected chi connectivity index (χ0v) is 6.27. The number of rotatable bonds is 2. The lowest BCUT2D eigenvalue weighted by Crippen LogP contribution is -2.05. The molecule has 1 aromatic rings. The molecule has 0 saturated heterocycles. The van der Waals surface area contributed by atoms with Gasteiger partial charge in [0.2, 0.25) is 0 Å². The molecule has 0 aliphatic rings. The minimum atomic E-state index is -4.42. The van der Waals surface area contributed by atoms with Crippen LogP contribution in [0.15, 0.2) is 10.6 Å². The largest absolute Gasteiger partial charge is 0.436 e. The van der Waals surface area contributed by atoms with Gasteiger partial charge < -0.3 is 9.84 Å². The first-order valence-corrected chi connectivity index (χ1v) is 3.21. The molecule has 1 heterocycles. The van der Waals surface area contributed by atoms with Gasteiger partial charge in [0.1, 0.15) is 0 Å². The van der Waals surface area contributed by atoms with Crippen LogP contribution in [0.3, 0.4) is 0 Å². The predicted octanol–water partition coefficient (Wildman–Crippen LogP) is 1.41. The molecule has 0 bridgehead atoms. The van der Waals surface area contributed by atoms with Gasteiger partial charge in [-0.25, -0.2) is 0 Å². The fourth-order valence-corrected chi connectivity index (χ4v) is 0.704. The summed E-state index contributed by atoms with van der Waals surface area (Å²) in [4.78, 5) is 0. The van der Waals surface area contributed by atoms with E-state index in [1.807, 2.05) is 0 Å². The van der Waals surface area contributed by atoms with E-state index in [9.17, 15) is 13.2 Å². The molecule has 0 aromatic carbocycles. The molecular weight excluding hydrogens is 173 g/mol. The molecule has 1 aromatic heterocycles. The van der Waals surface area contributed by atoms with Gasteiger partial charge in [0.15, 0.2) is 11.5 Å². The highest BCUT2D eigenvalue weighted by Crippen LogP contribution is 2.28. The van der Waals surface area contributed by atoms with Crippen molar-refractivity contribution in [1.29, 1.82) is 0 Å². The predicted molar refractivity (Wildman–Crippen MR) is 34.3 cm³/mol. The van der Waals surface area contributed by atoms with Crippen molar-refractivity contribution in [3.05, 3.63) is 17.5 Å². The summed E-state index contributed by atoms with van der Waals surface area (Å²) in [5.74, 6) is 0.171. The first-order chi connectivity index (χ1) is 5.54. The Morgan fingerprint density at radius 1 is 1.58 bits per heavy atom. The molecule has 0 atom stereocenters. The van der Waals surface area contributed by atoms with E-state index in [2.05, 4.69) is 15.0 Å². The molecule has 0 aliphatic carbocycles. The van der Waals surface area contributed by atoms with Crippen LogP contribution in [0.5, 0.6) is 0 Å². The van der Waals surface area contributed by atoms with Gasteiger partial charge in [0, 0.05) is 6.07 Å². The maximum Gasteiger partial charge on any atom is 0.436 e. The van der Waals surface area contributed by atoms with Crippen molar-refractivity contribution in [1.82, 2.24) is 10.5 Å². The number of nitrogens with zero attached hydrogens (tertiary/aromatic N) is 1. The van der Waals surface area contributed by atoms with Crippen LogP contribution in [0.25, 0.3) is 0 Å². The van der Waals surface area contributed by atoms with Crippen molar-refractivity contribution < 1.29 is 17.7 Å². The molecule has 0 fully saturated rings. The van der Waals surface area contributed by atoms with E-state index in [4.69, 9.17) is 0 Å². The van der Waals surface area contributed by atoms with Crippen molar-refractivity contribution in [2.45, 2.75) is 12.7 Å². The molecule has 12 heavy (non-hydrogen) atoms. The van der Waals surface area contributed by atoms with Crippen LogP contribution in [0.2, 0.25) is 0 Å². The lowest BCUT2D eigenvalue weighted by atomic mass is 10.3. The third-order valence-electron chi connectivity index (χ3n) is 1.20. The van der Waals surface area contributed by atoms with Crippen molar-refractivity contribution >= 4 is 0 Å². The first-order valence-electron chi connectivity index (χ1n) is 3.21. The smallest absolute Gasteiger partial charge is 0.359 e. The summed E-state index contributed by atoms with van der Waals surface area (Å²) < 4.78 is 40.1. The number of halogens is 3. The Bertz CT molecular complexity index is 256. The minimum absolute atomic E-state index is 0.171. The van der Waals surface area contributed by atoms with Crippen LogP contribution >= 0.6 is 0 Å². The highest BCUT2D eigenvalue weighted by molar-refractivity contribution is 5.08. The number of hydrogen-bond acceptors (Lipinski definition) is 3. The van der Waals surface area contributed by atoms with Crippen molar-refractivity contribution in [3.8, 4) is 0 Å². The number of hydrogen-bond donors (Lipinski definition) is 1. The SMILES string of the molecule is CNCc1cc(C(F)(F)F)no1. The van der Waals surface area contributed by atoms with Crippen molar-refractivity contribution in [2.75, 3.05) is 7.05 Å². The Labute approximate surface area is 66.5 Å². The third-order valence-corrected chi connectivity index (χ3v) is 1.20. The van der Waals surface area contributed by atoms with Gasteiger partial charge in [-0.2, -0.15) is 13.2 Å². The average molecular weight is 180 g/mol.